The minimum absolute atomic E-state index is 0.273. The van der Waals surface area contributed by atoms with Crippen LogP contribution in [0.15, 0.2) is 48.5 Å². The first-order valence-electron chi connectivity index (χ1n) is 11.3. The number of benzene rings is 2. The van der Waals surface area contributed by atoms with Gasteiger partial charge in [-0.15, -0.1) is 0 Å². The first-order chi connectivity index (χ1) is 13.7. The second-order valence-corrected chi connectivity index (χ2v) is 8.66. The molecule has 1 aliphatic rings. The Kier molecular flexibility index (Phi) is 7.32. The van der Waals surface area contributed by atoms with Gasteiger partial charge in [-0.25, -0.2) is 0 Å². The van der Waals surface area contributed by atoms with E-state index in [1.54, 1.807) is 0 Å². The first kappa shape index (κ1) is 20.7. The maximum atomic E-state index is 10.00. The highest BCUT2D eigenvalue weighted by molar-refractivity contribution is 5.64. The van der Waals surface area contributed by atoms with Crippen molar-refractivity contribution in [2.24, 2.45) is 5.92 Å². The number of hydrogen-bond donors (Lipinski definition) is 0. The maximum Gasteiger partial charge on any atom is 0.0822 e. The molecule has 0 amide bonds. The van der Waals surface area contributed by atoms with Crippen LogP contribution in [-0.4, -0.2) is 0 Å². The van der Waals surface area contributed by atoms with E-state index in [1.807, 2.05) is 0 Å². The molecule has 1 nitrogen and oxygen atoms in total. The van der Waals surface area contributed by atoms with Gasteiger partial charge in [-0.1, -0.05) is 88.1 Å². The average Bonchev–Trinajstić information content (AvgIpc) is 2.77. The molecule has 0 aromatic heterocycles. The van der Waals surface area contributed by atoms with Crippen molar-refractivity contribution < 1.29 is 0 Å². The minimum Gasteiger partial charge on any atom is -0.197 e. The molecule has 1 saturated carbocycles. The molecule has 1 heteroatoms. The van der Waals surface area contributed by atoms with Gasteiger partial charge >= 0.3 is 0 Å². The Hall–Kier alpha value is -2.07. The number of unbranched alkanes of at least 4 members (excludes halogenated alkanes) is 2. The third-order valence-electron chi connectivity index (χ3n) is 6.68. The van der Waals surface area contributed by atoms with Crippen LogP contribution in [0, 0.1) is 17.2 Å². The van der Waals surface area contributed by atoms with Gasteiger partial charge in [-0.3, -0.25) is 0 Å². The van der Waals surface area contributed by atoms with Crippen LogP contribution in [0.25, 0.3) is 11.1 Å². The van der Waals surface area contributed by atoms with Gasteiger partial charge in [0.25, 0.3) is 0 Å². The minimum atomic E-state index is -0.273. The number of nitriles is 1. The highest BCUT2D eigenvalue weighted by atomic mass is 14.4. The second-order valence-electron chi connectivity index (χ2n) is 8.66. The van der Waals surface area contributed by atoms with Crippen LogP contribution in [0.5, 0.6) is 0 Å². The third-order valence-corrected chi connectivity index (χ3v) is 6.68. The summed E-state index contributed by atoms with van der Waals surface area (Å²) >= 11 is 0. The van der Waals surface area contributed by atoms with Gasteiger partial charge in [0.2, 0.25) is 0 Å². The molecular formula is C27H35N. The lowest BCUT2D eigenvalue weighted by Crippen LogP contribution is -2.30. The highest BCUT2D eigenvalue weighted by Crippen LogP contribution is 2.43. The van der Waals surface area contributed by atoms with Crippen LogP contribution < -0.4 is 0 Å². The van der Waals surface area contributed by atoms with Crippen LogP contribution in [0.1, 0.15) is 82.8 Å². The largest absolute Gasteiger partial charge is 0.197 e. The Morgan fingerprint density at radius 2 is 1.43 bits per heavy atom. The van der Waals surface area contributed by atoms with E-state index in [0.29, 0.717) is 0 Å². The maximum absolute atomic E-state index is 10.00. The Morgan fingerprint density at radius 1 is 0.857 bits per heavy atom. The molecule has 0 aliphatic heterocycles. The average molecular weight is 374 g/mol. The van der Waals surface area contributed by atoms with E-state index >= 15 is 0 Å². The SMILES string of the molecule is CCCCc1ccc(-c2ccc(C3(C#N)CCC(CCCC)CC3)cc2)cc1. The zero-order valence-corrected chi connectivity index (χ0v) is 17.7. The molecule has 2 aromatic rings. The summed E-state index contributed by atoms with van der Waals surface area (Å²) < 4.78 is 0. The topological polar surface area (TPSA) is 23.8 Å². The second kappa shape index (κ2) is 9.92. The lowest BCUT2D eigenvalue weighted by atomic mass is 9.67. The predicted octanol–water partition coefficient (Wildman–Crippen LogP) is 7.84. The fourth-order valence-corrected chi connectivity index (χ4v) is 4.64. The van der Waals surface area contributed by atoms with Gasteiger partial charge in [0.15, 0.2) is 0 Å². The van der Waals surface area contributed by atoms with Gasteiger partial charge in [-0.2, -0.15) is 5.26 Å². The number of aryl methyl sites for hydroxylation is 1. The smallest absolute Gasteiger partial charge is 0.0822 e. The van der Waals surface area contributed by atoms with E-state index in [2.05, 4.69) is 68.4 Å². The van der Waals surface area contributed by atoms with Gasteiger partial charge < -0.3 is 0 Å². The number of nitrogens with zero attached hydrogens (tertiary/aromatic N) is 1. The molecule has 1 fully saturated rings. The fourth-order valence-electron chi connectivity index (χ4n) is 4.64. The number of rotatable bonds is 8. The Labute approximate surface area is 171 Å². The number of hydrogen-bond acceptors (Lipinski definition) is 1. The summed E-state index contributed by atoms with van der Waals surface area (Å²) in [5.74, 6) is 0.826. The molecule has 148 valence electrons. The first-order valence-corrected chi connectivity index (χ1v) is 11.3. The van der Waals surface area contributed by atoms with E-state index in [0.717, 1.165) is 18.8 Å². The normalized spacial score (nSPS) is 22.0. The Morgan fingerprint density at radius 3 is 1.96 bits per heavy atom. The monoisotopic (exact) mass is 373 g/mol. The van der Waals surface area contributed by atoms with E-state index in [1.165, 1.54) is 73.6 Å². The summed E-state index contributed by atoms with van der Waals surface area (Å²) in [6, 6.07) is 20.5. The third kappa shape index (κ3) is 4.85. The molecule has 0 saturated heterocycles. The highest BCUT2D eigenvalue weighted by Gasteiger charge is 2.36. The summed E-state index contributed by atoms with van der Waals surface area (Å²) in [6.07, 6.45) is 12.0. The van der Waals surface area contributed by atoms with Crippen molar-refractivity contribution in [1.82, 2.24) is 0 Å². The van der Waals surface area contributed by atoms with Crippen molar-refractivity contribution in [3.8, 4) is 17.2 Å². The lowest BCUT2D eigenvalue weighted by molar-refractivity contribution is 0.263. The summed E-state index contributed by atoms with van der Waals surface area (Å²) in [4.78, 5) is 0. The fraction of sp³-hybridized carbons (Fsp3) is 0.519. The summed E-state index contributed by atoms with van der Waals surface area (Å²) in [7, 11) is 0. The van der Waals surface area contributed by atoms with Crippen LogP contribution in [0.3, 0.4) is 0 Å². The van der Waals surface area contributed by atoms with Gasteiger partial charge in [-0.05, 0) is 66.7 Å². The molecule has 2 aromatic carbocycles. The molecule has 3 rings (SSSR count). The zero-order chi connectivity index (χ0) is 19.8. The van der Waals surface area contributed by atoms with Crippen molar-refractivity contribution in [3.63, 3.8) is 0 Å². The standard InChI is InChI=1S/C27H35N/c1-3-5-7-22-9-11-24(12-10-22)25-13-15-26(16-14-25)27(21-28)19-17-23(18-20-27)8-6-4-2/h9-16,23H,3-8,17-20H2,1-2H3. The molecule has 28 heavy (non-hydrogen) atoms. The van der Waals surface area contributed by atoms with Crippen molar-refractivity contribution >= 4 is 0 Å². The zero-order valence-electron chi connectivity index (χ0n) is 17.7. The molecule has 0 unspecified atom stereocenters. The molecule has 1 aliphatic carbocycles. The van der Waals surface area contributed by atoms with Gasteiger partial charge in [0.05, 0.1) is 11.5 Å². The molecule has 0 atom stereocenters. The van der Waals surface area contributed by atoms with E-state index in [-0.39, 0.29) is 5.41 Å². The molecular weight excluding hydrogens is 338 g/mol. The van der Waals surface area contributed by atoms with Gasteiger partial charge in [0.1, 0.15) is 0 Å². The molecule has 0 bridgehead atoms. The summed E-state index contributed by atoms with van der Waals surface area (Å²) in [5, 5.41) is 10.00. The van der Waals surface area contributed by atoms with Crippen molar-refractivity contribution in [2.75, 3.05) is 0 Å². The van der Waals surface area contributed by atoms with Crippen LogP contribution in [-0.2, 0) is 11.8 Å². The van der Waals surface area contributed by atoms with Crippen LogP contribution in [0.4, 0.5) is 0 Å². The summed E-state index contributed by atoms with van der Waals surface area (Å²) in [6.45, 7) is 4.50. The summed E-state index contributed by atoms with van der Waals surface area (Å²) in [5.41, 5.74) is 4.87. The van der Waals surface area contributed by atoms with E-state index in [4.69, 9.17) is 0 Å². The van der Waals surface area contributed by atoms with Gasteiger partial charge in [0, 0.05) is 0 Å². The molecule has 0 N–H and O–H groups in total. The molecule has 0 heterocycles. The van der Waals surface area contributed by atoms with Crippen LogP contribution >= 0.6 is 0 Å². The van der Waals surface area contributed by atoms with E-state index in [9.17, 15) is 5.26 Å². The Balaban J connectivity index is 1.68. The predicted molar refractivity (Wildman–Crippen MR) is 119 cm³/mol. The Bertz CT molecular complexity index is 755. The van der Waals surface area contributed by atoms with Crippen LogP contribution in [0.2, 0.25) is 0 Å². The lowest BCUT2D eigenvalue weighted by Gasteiger charge is -2.35. The quantitative estimate of drug-likeness (QED) is 0.462. The molecule has 0 radical (unpaired) electrons. The van der Waals surface area contributed by atoms with Crippen molar-refractivity contribution in [1.29, 1.82) is 5.26 Å². The van der Waals surface area contributed by atoms with Crippen molar-refractivity contribution in [3.05, 3.63) is 59.7 Å². The molecule has 0 spiro atoms. The van der Waals surface area contributed by atoms with E-state index < -0.39 is 0 Å². The van der Waals surface area contributed by atoms with Crippen molar-refractivity contribution in [2.45, 2.75) is 83.5 Å².